The van der Waals surface area contributed by atoms with Gasteiger partial charge in [0.1, 0.15) is 12.0 Å². The predicted octanol–water partition coefficient (Wildman–Crippen LogP) is 6.04. The summed E-state index contributed by atoms with van der Waals surface area (Å²) in [6.07, 6.45) is 0.183. The van der Waals surface area contributed by atoms with E-state index in [0.717, 1.165) is 27.8 Å². The van der Waals surface area contributed by atoms with Gasteiger partial charge in [0, 0.05) is 22.0 Å². The SMILES string of the molecule is COc1cc(C(F)(F)F)ccc1-c1nccc2cc(SNc3ncco3)ccc12. The number of rotatable bonds is 5. The lowest BCUT2D eigenvalue weighted by atomic mass is 10.0. The molecule has 0 aliphatic heterocycles. The van der Waals surface area contributed by atoms with Crippen molar-refractivity contribution in [2.24, 2.45) is 0 Å². The summed E-state index contributed by atoms with van der Waals surface area (Å²) in [4.78, 5) is 9.28. The van der Waals surface area contributed by atoms with Gasteiger partial charge in [-0.1, -0.05) is 6.07 Å². The summed E-state index contributed by atoms with van der Waals surface area (Å²) in [6.45, 7) is 0. The Balaban J connectivity index is 1.71. The first-order valence-electron chi connectivity index (χ1n) is 8.42. The molecule has 2 aromatic carbocycles. The normalized spacial score (nSPS) is 11.6. The number of aromatic nitrogens is 2. The molecule has 0 fully saturated rings. The first kappa shape index (κ1) is 19.1. The van der Waals surface area contributed by atoms with Crippen LogP contribution < -0.4 is 9.46 Å². The van der Waals surface area contributed by atoms with Crippen LogP contribution in [0, 0.1) is 0 Å². The van der Waals surface area contributed by atoms with E-state index in [1.54, 1.807) is 12.4 Å². The summed E-state index contributed by atoms with van der Waals surface area (Å²) in [5.41, 5.74) is 0.268. The minimum absolute atomic E-state index is 0.115. The van der Waals surface area contributed by atoms with Crippen LogP contribution in [0.15, 0.2) is 70.4 Å². The van der Waals surface area contributed by atoms with Crippen LogP contribution in [0.4, 0.5) is 19.2 Å². The maximum Gasteiger partial charge on any atom is 0.416 e. The van der Waals surface area contributed by atoms with Crippen LogP contribution in [0.2, 0.25) is 0 Å². The zero-order valence-electron chi connectivity index (χ0n) is 15.0. The Morgan fingerprint density at radius 1 is 1.03 bits per heavy atom. The number of hydrogen-bond acceptors (Lipinski definition) is 6. The van der Waals surface area contributed by atoms with Gasteiger partial charge in [-0.05, 0) is 53.7 Å². The van der Waals surface area contributed by atoms with Gasteiger partial charge in [-0.3, -0.25) is 9.71 Å². The zero-order valence-corrected chi connectivity index (χ0v) is 15.8. The van der Waals surface area contributed by atoms with Crippen molar-refractivity contribution in [1.82, 2.24) is 9.97 Å². The predicted molar refractivity (Wildman–Crippen MR) is 105 cm³/mol. The number of nitrogens with one attached hydrogen (secondary N) is 1. The number of halogens is 3. The standard InChI is InChI=1S/C20H14F3N3O2S/c1-27-17-11-13(20(21,22)23)2-4-16(17)18-15-5-3-14(10-12(15)6-7-24-18)29-26-19-25-8-9-28-19/h2-11H,1H3,(H,25,26). The Labute approximate surface area is 168 Å². The fourth-order valence-electron chi connectivity index (χ4n) is 2.87. The van der Waals surface area contributed by atoms with E-state index >= 15 is 0 Å². The quantitative estimate of drug-likeness (QED) is 0.400. The largest absolute Gasteiger partial charge is 0.496 e. The molecule has 29 heavy (non-hydrogen) atoms. The molecular formula is C20H14F3N3O2S. The van der Waals surface area contributed by atoms with Gasteiger partial charge in [-0.25, -0.2) is 4.98 Å². The smallest absolute Gasteiger partial charge is 0.416 e. The van der Waals surface area contributed by atoms with Gasteiger partial charge in [0.25, 0.3) is 0 Å². The zero-order chi connectivity index (χ0) is 20.4. The number of methoxy groups -OCH3 is 1. The lowest BCUT2D eigenvalue weighted by molar-refractivity contribution is -0.137. The topological polar surface area (TPSA) is 60.2 Å². The highest BCUT2D eigenvalue weighted by Crippen LogP contribution is 2.39. The second kappa shape index (κ2) is 7.67. The van der Waals surface area contributed by atoms with Crippen molar-refractivity contribution in [2.45, 2.75) is 11.1 Å². The number of benzene rings is 2. The minimum atomic E-state index is -4.44. The lowest BCUT2D eigenvalue weighted by Gasteiger charge is -2.14. The van der Waals surface area contributed by atoms with Gasteiger partial charge in [0.15, 0.2) is 0 Å². The van der Waals surface area contributed by atoms with Crippen LogP contribution in [0.1, 0.15) is 5.56 Å². The number of hydrogen-bond donors (Lipinski definition) is 1. The van der Waals surface area contributed by atoms with Crippen molar-refractivity contribution in [1.29, 1.82) is 0 Å². The minimum Gasteiger partial charge on any atom is -0.496 e. The van der Waals surface area contributed by atoms with E-state index in [9.17, 15) is 13.2 Å². The molecule has 0 aliphatic carbocycles. The van der Waals surface area contributed by atoms with Gasteiger partial charge in [0.2, 0.25) is 0 Å². The number of anilines is 1. The Morgan fingerprint density at radius 3 is 2.62 bits per heavy atom. The molecule has 0 radical (unpaired) electrons. The summed E-state index contributed by atoms with van der Waals surface area (Å²) < 4.78 is 52.4. The first-order chi connectivity index (χ1) is 14.0. The van der Waals surface area contributed by atoms with Gasteiger partial charge in [0.05, 0.1) is 24.6 Å². The van der Waals surface area contributed by atoms with Crippen molar-refractivity contribution < 1.29 is 22.3 Å². The van der Waals surface area contributed by atoms with Crippen LogP contribution in [-0.2, 0) is 6.18 Å². The second-order valence-corrected chi connectivity index (χ2v) is 6.88. The van der Waals surface area contributed by atoms with E-state index in [2.05, 4.69) is 14.7 Å². The van der Waals surface area contributed by atoms with Crippen molar-refractivity contribution in [3.05, 3.63) is 66.7 Å². The molecule has 0 saturated heterocycles. The average Bonchev–Trinajstić information content (AvgIpc) is 3.24. The Bertz CT molecular complexity index is 1150. The van der Waals surface area contributed by atoms with Crippen molar-refractivity contribution in [2.75, 3.05) is 11.8 Å². The van der Waals surface area contributed by atoms with Gasteiger partial charge in [-0.15, -0.1) is 0 Å². The highest BCUT2D eigenvalue weighted by molar-refractivity contribution is 8.00. The fraction of sp³-hybridized carbons (Fsp3) is 0.100. The van der Waals surface area contributed by atoms with E-state index in [4.69, 9.17) is 9.15 Å². The third kappa shape index (κ3) is 4.00. The number of nitrogens with zero attached hydrogens (tertiary/aromatic N) is 2. The third-order valence-electron chi connectivity index (χ3n) is 4.21. The maximum atomic E-state index is 13.0. The molecule has 2 aromatic heterocycles. The molecule has 5 nitrogen and oxygen atoms in total. The second-order valence-electron chi connectivity index (χ2n) is 6.00. The Hall–Kier alpha value is -3.20. The molecule has 4 aromatic rings. The van der Waals surface area contributed by atoms with E-state index < -0.39 is 11.7 Å². The molecule has 9 heteroatoms. The molecule has 0 atom stereocenters. The fourth-order valence-corrected chi connectivity index (χ4v) is 3.50. The van der Waals surface area contributed by atoms with Crippen LogP contribution >= 0.6 is 11.9 Å². The molecule has 0 bridgehead atoms. The summed E-state index contributed by atoms with van der Waals surface area (Å²) in [5.74, 6) is 0.115. The number of fused-ring (bicyclic) bond motifs is 1. The number of pyridine rings is 1. The van der Waals surface area contributed by atoms with Crippen LogP contribution in [0.5, 0.6) is 5.75 Å². The molecule has 4 rings (SSSR count). The van der Waals surface area contributed by atoms with Crippen LogP contribution in [0.3, 0.4) is 0 Å². The molecule has 1 N–H and O–H groups in total. The van der Waals surface area contributed by atoms with Crippen molar-refractivity contribution >= 4 is 28.7 Å². The third-order valence-corrected chi connectivity index (χ3v) is 4.97. The summed E-state index contributed by atoms with van der Waals surface area (Å²) in [7, 11) is 1.34. The Morgan fingerprint density at radius 2 is 1.90 bits per heavy atom. The lowest BCUT2D eigenvalue weighted by Crippen LogP contribution is -2.05. The summed E-state index contributed by atoms with van der Waals surface area (Å²) in [5, 5.41) is 1.68. The molecule has 0 unspecified atom stereocenters. The number of ether oxygens (including phenoxy) is 1. The molecule has 0 amide bonds. The molecule has 148 valence electrons. The van der Waals surface area contributed by atoms with E-state index in [1.165, 1.54) is 31.4 Å². The highest BCUT2D eigenvalue weighted by Gasteiger charge is 2.31. The van der Waals surface area contributed by atoms with Crippen LogP contribution in [-0.4, -0.2) is 17.1 Å². The molecule has 0 saturated carbocycles. The summed E-state index contributed by atoms with van der Waals surface area (Å²) >= 11 is 1.33. The van der Waals surface area contributed by atoms with E-state index in [1.807, 2.05) is 24.3 Å². The van der Waals surface area contributed by atoms with E-state index in [0.29, 0.717) is 17.3 Å². The van der Waals surface area contributed by atoms with Gasteiger partial charge < -0.3 is 9.15 Å². The Kier molecular flexibility index (Phi) is 5.06. The van der Waals surface area contributed by atoms with Gasteiger partial charge >= 0.3 is 12.2 Å². The average molecular weight is 417 g/mol. The molecule has 0 aliphatic rings. The van der Waals surface area contributed by atoms with Gasteiger partial charge in [-0.2, -0.15) is 13.2 Å². The number of oxazole rings is 1. The monoisotopic (exact) mass is 417 g/mol. The maximum absolute atomic E-state index is 13.0. The highest BCUT2D eigenvalue weighted by atomic mass is 32.2. The van der Waals surface area contributed by atoms with Crippen molar-refractivity contribution in [3.63, 3.8) is 0 Å². The molecule has 2 heterocycles. The van der Waals surface area contributed by atoms with Crippen LogP contribution in [0.25, 0.3) is 22.0 Å². The molecule has 0 spiro atoms. The number of alkyl halides is 3. The first-order valence-corrected chi connectivity index (χ1v) is 9.24. The van der Waals surface area contributed by atoms with E-state index in [-0.39, 0.29) is 5.75 Å². The molecular weight excluding hydrogens is 403 g/mol. The van der Waals surface area contributed by atoms with Crippen molar-refractivity contribution in [3.8, 4) is 17.0 Å². The summed E-state index contributed by atoms with van der Waals surface area (Å²) in [6, 6.07) is 11.3.